The molecule has 6 aliphatic rings. The molecule has 1 heterocycles. The Labute approximate surface area is 167 Å². The van der Waals surface area contributed by atoms with Crippen molar-refractivity contribution in [3.63, 3.8) is 0 Å². The minimum Gasteiger partial charge on any atom is -0.458 e. The molecule has 5 aliphatic carbocycles. The Morgan fingerprint density at radius 3 is 2.71 bits per heavy atom. The Balaban J connectivity index is 1.41. The van der Waals surface area contributed by atoms with E-state index in [1.165, 1.54) is 19.3 Å². The van der Waals surface area contributed by atoms with E-state index in [-0.39, 0.29) is 17.0 Å². The molecule has 1 spiro atoms. The molecule has 0 aromatic rings. The summed E-state index contributed by atoms with van der Waals surface area (Å²) in [4.78, 5) is 12.2. The first-order valence-electron chi connectivity index (χ1n) is 11.6. The van der Waals surface area contributed by atoms with Crippen molar-refractivity contribution in [3.05, 3.63) is 11.6 Å². The van der Waals surface area contributed by atoms with Gasteiger partial charge in [0.05, 0.1) is 5.71 Å². The zero-order chi connectivity index (χ0) is 19.4. The van der Waals surface area contributed by atoms with Crippen LogP contribution in [0.3, 0.4) is 0 Å². The van der Waals surface area contributed by atoms with E-state index in [1.807, 2.05) is 0 Å². The molecule has 152 valence electrons. The lowest BCUT2D eigenvalue weighted by Gasteiger charge is -2.60. The summed E-state index contributed by atoms with van der Waals surface area (Å²) in [5, 5.41) is 12.8. The van der Waals surface area contributed by atoms with Crippen LogP contribution in [0.5, 0.6) is 0 Å². The molecule has 28 heavy (non-hydrogen) atoms. The number of rotatable bonds is 0. The largest absolute Gasteiger partial charge is 0.458 e. The number of allylic oxidation sites excluding steroid dienone is 2. The lowest BCUT2D eigenvalue weighted by Crippen LogP contribution is -2.57. The topological polar surface area (TPSA) is 58.9 Å². The van der Waals surface area contributed by atoms with Crippen LogP contribution in [0.2, 0.25) is 0 Å². The third-order valence-corrected chi connectivity index (χ3v) is 10.5. The van der Waals surface area contributed by atoms with Crippen LogP contribution in [-0.4, -0.2) is 22.5 Å². The van der Waals surface area contributed by atoms with Crippen LogP contribution < -0.4 is 0 Å². The van der Waals surface area contributed by atoms with Gasteiger partial charge in [-0.1, -0.05) is 31.5 Å². The number of carbonyl (C=O) groups excluding carboxylic acids is 1. The Morgan fingerprint density at radius 1 is 1.18 bits per heavy atom. The fourth-order valence-corrected chi connectivity index (χ4v) is 9.27. The average molecular weight is 384 g/mol. The summed E-state index contributed by atoms with van der Waals surface area (Å²) in [5.41, 5.74) is 2.44. The van der Waals surface area contributed by atoms with Crippen LogP contribution >= 0.6 is 0 Å². The summed E-state index contributed by atoms with van der Waals surface area (Å²) >= 11 is 0. The molecule has 1 aliphatic heterocycles. The van der Waals surface area contributed by atoms with Gasteiger partial charge in [-0.25, -0.2) is 0 Å². The Morgan fingerprint density at radius 2 is 2.00 bits per heavy atom. The molecule has 1 N–H and O–H groups in total. The van der Waals surface area contributed by atoms with Crippen molar-refractivity contribution in [2.75, 3.05) is 0 Å². The highest BCUT2D eigenvalue weighted by atomic mass is 16.6. The number of ether oxygens (including phenoxy) is 1. The summed E-state index contributed by atoms with van der Waals surface area (Å²) in [6.07, 6.45) is 9.62. The smallest absolute Gasteiger partial charge is 0.306 e. The van der Waals surface area contributed by atoms with Crippen molar-refractivity contribution in [1.29, 1.82) is 0 Å². The summed E-state index contributed by atoms with van der Waals surface area (Å²) in [6, 6.07) is 0. The Hall–Kier alpha value is -1.32. The maximum atomic E-state index is 12.2. The van der Waals surface area contributed by atoms with Gasteiger partial charge in [0.15, 0.2) is 0 Å². The van der Waals surface area contributed by atoms with E-state index in [0.29, 0.717) is 36.0 Å². The zero-order valence-corrected chi connectivity index (χ0v) is 17.4. The third kappa shape index (κ3) is 1.89. The van der Waals surface area contributed by atoms with E-state index in [0.717, 1.165) is 42.7 Å². The SMILES string of the molecule is CC1C2=C/C(=N/O)CC[C@@H]2C2CC[C@@]3(C)C(C4CC4[C@@]34CCC(=O)O4)C2C1C. The van der Waals surface area contributed by atoms with Crippen LogP contribution in [0.1, 0.15) is 65.7 Å². The Kier molecular flexibility index (Phi) is 3.40. The average Bonchev–Trinajstić information content (AvgIpc) is 3.34. The van der Waals surface area contributed by atoms with Gasteiger partial charge >= 0.3 is 5.97 Å². The second kappa shape index (κ2) is 5.43. The number of hydrogen-bond donors (Lipinski definition) is 1. The quantitative estimate of drug-likeness (QED) is 0.371. The summed E-state index contributed by atoms with van der Waals surface area (Å²) in [7, 11) is 0. The van der Waals surface area contributed by atoms with E-state index in [2.05, 4.69) is 32.0 Å². The molecule has 0 aromatic carbocycles. The maximum absolute atomic E-state index is 12.2. The molecule has 7 unspecified atom stereocenters. The minimum atomic E-state index is -0.146. The molecule has 0 radical (unpaired) electrons. The first-order chi connectivity index (χ1) is 13.4. The van der Waals surface area contributed by atoms with Crippen molar-refractivity contribution >= 4 is 11.7 Å². The van der Waals surface area contributed by atoms with Crippen LogP contribution in [0, 0.1) is 52.8 Å². The van der Waals surface area contributed by atoms with Crippen LogP contribution in [0.4, 0.5) is 0 Å². The monoisotopic (exact) mass is 383 g/mol. The Bertz CT molecular complexity index is 802. The summed E-state index contributed by atoms with van der Waals surface area (Å²) in [5.74, 6) is 5.53. The van der Waals surface area contributed by atoms with Crippen LogP contribution in [0.15, 0.2) is 16.8 Å². The molecule has 1 saturated heterocycles. The predicted molar refractivity (Wildman–Crippen MR) is 106 cm³/mol. The van der Waals surface area contributed by atoms with E-state index < -0.39 is 0 Å². The van der Waals surface area contributed by atoms with Crippen LogP contribution in [0.25, 0.3) is 0 Å². The van der Waals surface area contributed by atoms with Gasteiger partial charge in [0.25, 0.3) is 0 Å². The highest BCUT2D eigenvalue weighted by Gasteiger charge is 2.79. The minimum absolute atomic E-state index is 0.0491. The van der Waals surface area contributed by atoms with Gasteiger partial charge in [-0.05, 0) is 86.0 Å². The number of carbonyl (C=O) groups is 1. The summed E-state index contributed by atoms with van der Waals surface area (Å²) < 4.78 is 6.22. The third-order valence-electron chi connectivity index (χ3n) is 10.5. The van der Waals surface area contributed by atoms with Crippen molar-refractivity contribution in [2.45, 2.75) is 71.3 Å². The van der Waals surface area contributed by atoms with Crippen molar-refractivity contribution in [3.8, 4) is 0 Å². The van der Waals surface area contributed by atoms with Gasteiger partial charge in [0, 0.05) is 17.8 Å². The maximum Gasteiger partial charge on any atom is 0.306 e. The summed E-state index contributed by atoms with van der Waals surface area (Å²) in [6.45, 7) is 7.36. The first kappa shape index (κ1) is 17.5. The standard InChI is InChI=1S/C24H33NO3/c1-12-13(2)21-16(15-5-4-14(25-27)10-17(12)15)6-8-23(3)22(21)18-11-19(18)24(23)9-7-20(26)28-24/h10,12-13,15-16,18-19,21-22,27H,4-9,11H2,1-3H3/b25-14+/t12?,13?,15-,16?,18?,19?,21?,22?,23+,24+/m1/s1. The van der Waals surface area contributed by atoms with E-state index in [1.54, 1.807) is 5.57 Å². The van der Waals surface area contributed by atoms with Crippen molar-refractivity contribution in [2.24, 2.45) is 57.9 Å². The molecule has 6 rings (SSSR count). The highest BCUT2D eigenvalue weighted by molar-refractivity contribution is 5.96. The predicted octanol–water partition coefficient (Wildman–Crippen LogP) is 4.81. The number of hydrogen-bond acceptors (Lipinski definition) is 4. The zero-order valence-electron chi connectivity index (χ0n) is 17.4. The van der Waals surface area contributed by atoms with Gasteiger partial charge < -0.3 is 9.94 Å². The molecule has 0 bridgehead atoms. The van der Waals surface area contributed by atoms with Gasteiger partial charge in [-0.15, -0.1) is 0 Å². The molecule has 4 saturated carbocycles. The van der Waals surface area contributed by atoms with Gasteiger partial charge in [-0.3, -0.25) is 4.79 Å². The van der Waals surface area contributed by atoms with Crippen molar-refractivity contribution in [1.82, 2.24) is 0 Å². The van der Waals surface area contributed by atoms with E-state index in [9.17, 15) is 10.0 Å². The molecule has 10 atom stereocenters. The van der Waals surface area contributed by atoms with Gasteiger partial charge in [-0.2, -0.15) is 0 Å². The fraction of sp³-hybridized carbons (Fsp3) is 0.833. The molecular weight excluding hydrogens is 350 g/mol. The molecule has 5 fully saturated rings. The second-order valence-corrected chi connectivity index (χ2v) is 11.1. The number of oxime groups is 1. The normalized spacial score (nSPS) is 57.9. The highest BCUT2D eigenvalue weighted by Crippen LogP contribution is 2.79. The van der Waals surface area contributed by atoms with E-state index in [4.69, 9.17) is 4.74 Å². The van der Waals surface area contributed by atoms with Crippen molar-refractivity contribution < 1.29 is 14.7 Å². The fourth-order valence-electron chi connectivity index (χ4n) is 9.27. The molecule has 0 amide bonds. The molecule has 0 aromatic heterocycles. The molecule has 4 nitrogen and oxygen atoms in total. The lowest BCUT2D eigenvalue weighted by molar-refractivity contribution is -0.177. The molecule has 4 heteroatoms. The number of esters is 1. The van der Waals surface area contributed by atoms with E-state index >= 15 is 0 Å². The van der Waals surface area contributed by atoms with Gasteiger partial charge in [0.1, 0.15) is 5.60 Å². The van der Waals surface area contributed by atoms with Crippen LogP contribution in [-0.2, 0) is 9.53 Å². The number of fused-ring (bicyclic) bond motifs is 9. The lowest BCUT2D eigenvalue weighted by atomic mass is 9.45. The van der Waals surface area contributed by atoms with Gasteiger partial charge in [0.2, 0.25) is 0 Å². The second-order valence-electron chi connectivity index (χ2n) is 11.1. The number of nitrogens with zero attached hydrogens (tertiary/aromatic N) is 1. The first-order valence-corrected chi connectivity index (χ1v) is 11.6. The molecular formula is C24H33NO3.